The number of unbranched alkanes of at least 4 members (excludes halogenated alkanes) is 36. The third kappa shape index (κ3) is 67.0. The minimum atomic E-state index is -0.778. The Hall–Kier alpha value is -3.67. The fourth-order valence-electron chi connectivity index (χ4n) is 9.89. The average molecular weight is 1130 g/mol. The van der Waals surface area contributed by atoms with Crippen LogP contribution in [0.2, 0.25) is 0 Å². The van der Waals surface area contributed by atoms with Crippen LogP contribution < -0.4 is 0 Å². The first-order chi connectivity index (χ1) is 40.0. The Kier molecular flexibility index (Phi) is 65.7. The molecule has 0 heterocycles. The Balaban J connectivity index is 4.06. The van der Waals surface area contributed by atoms with Crippen molar-refractivity contribution in [3.8, 4) is 0 Å². The maximum absolute atomic E-state index is 12.9. The number of rotatable bonds is 63. The monoisotopic (exact) mass is 1130 g/mol. The number of carbonyl (C=O) groups is 3. The summed E-state index contributed by atoms with van der Waals surface area (Å²) in [5.74, 6) is -0.876. The molecule has 0 aromatic heterocycles. The van der Waals surface area contributed by atoms with Crippen molar-refractivity contribution in [3.05, 3.63) is 97.2 Å². The smallest absolute Gasteiger partial charge is 0.306 e. The lowest BCUT2D eigenvalue weighted by Crippen LogP contribution is -2.30. The van der Waals surface area contributed by atoms with Crippen LogP contribution in [0.3, 0.4) is 0 Å². The number of esters is 3. The molecule has 0 saturated heterocycles. The predicted octanol–water partition coefficient (Wildman–Crippen LogP) is 24.0. The molecule has 0 saturated carbocycles. The molecule has 0 rings (SSSR count). The molecule has 0 aliphatic rings. The van der Waals surface area contributed by atoms with Crippen LogP contribution in [0.4, 0.5) is 0 Å². The van der Waals surface area contributed by atoms with Crippen molar-refractivity contribution in [1.82, 2.24) is 0 Å². The molecule has 0 aromatic carbocycles. The van der Waals surface area contributed by atoms with Gasteiger partial charge < -0.3 is 14.2 Å². The first-order valence-corrected chi connectivity index (χ1v) is 34.7. The van der Waals surface area contributed by atoms with Crippen molar-refractivity contribution in [3.63, 3.8) is 0 Å². The normalized spacial score (nSPS) is 12.7. The molecule has 0 bridgehead atoms. The Morgan fingerprint density at radius 2 is 0.481 bits per heavy atom. The molecule has 1 unspecified atom stereocenters. The van der Waals surface area contributed by atoms with Crippen LogP contribution in [0.25, 0.3) is 0 Å². The highest BCUT2D eigenvalue weighted by Crippen LogP contribution is 2.17. The lowest BCUT2D eigenvalue weighted by Gasteiger charge is -2.18. The maximum atomic E-state index is 12.9. The Bertz CT molecular complexity index is 1580. The number of allylic oxidation sites excluding steroid dienone is 16. The third-order valence-corrected chi connectivity index (χ3v) is 15.1. The van der Waals surface area contributed by atoms with Gasteiger partial charge in [-0.05, 0) is 103 Å². The lowest BCUT2D eigenvalue weighted by atomic mass is 10.0. The van der Waals surface area contributed by atoms with Gasteiger partial charge in [-0.15, -0.1) is 0 Å². The molecule has 0 aliphatic carbocycles. The molecule has 0 aromatic rings. The predicted molar refractivity (Wildman–Crippen MR) is 353 cm³/mol. The van der Waals surface area contributed by atoms with Crippen LogP contribution in [0.1, 0.15) is 342 Å². The van der Waals surface area contributed by atoms with E-state index in [0.717, 1.165) is 109 Å². The molecule has 1 atom stereocenters. The van der Waals surface area contributed by atoms with E-state index in [0.29, 0.717) is 19.3 Å². The highest BCUT2D eigenvalue weighted by molar-refractivity contribution is 5.71. The highest BCUT2D eigenvalue weighted by atomic mass is 16.6. The van der Waals surface area contributed by atoms with Crippen molar-refractivity contribution < 1.29 is 28.6 Å². The molecular formula is C75H130O6. The zero-order valence-corrected chi connectivity index (χ0v) is 53.5. The van der Waals surface area contributed by atoms with Crippen LogP contribution in [-0.4, -0.2) is 37.2 Å². The fourth-order valence-corrected chi connectivity index (χ4v) is 9.89. The van der Waals surface area contributed by atoms with Gasteiger partial charge in [-0.25, -0.2) is 0 Å². The quantitative estimate of drug-likeness (QED) is 0.0261. The van der Waals surface area contributed by atoms with Crippen molar-refractivity contribution in [1.29, 1.82) is 0 Å². The van der Waals surface area contributed by atoms with E-state index in [1.54, 1.807) is 0 Å². The van der Waals surface area contributed by atoms with Crippen LogP contribution in [-0.2, 0) is 28.6 Å². The first kappa shape index (κ1) is 77.3. The van der Waals surface area contributed by atoms with Gasteiger partial charge in [0.05, 0.1) is 0 Å². The van der Waals surface area contributed by atoms with E-state index in [-0.39, 0.29) is 31.1 Å². The minimum absolute atomic E-state index is 0.0766. The molecule has 0 fully saturated rings. The summed E-state index contributed by atoms with van der Waals surface area (Å²) in [7, 11) is 0. The van der Waals surface area contributed by atoms with E-state index >= 15 is 0 Å². The van der Waals surface area contributed by atoms with Crippen molar-refractivity contribution >= 4 is 17.9 Å². The van der Waals surface area contributed by atoms with E-state index < -0.39 is 6.10 Å². The Morgan fingerprint density at radius 3 is 0.753 bits per heavy atom. The molecule has 466 valence electrons. The van der Waals surface area contributed by atoms with Crippen LogP contribution in [0.5, 0.6) is 0 Å². The molecule has 6 nitrogen and oxygen atoms in total. The van der Waals surface area contributed by atoms with E-state index in [9.17, 15) is 14.4 Å². The maximum Gasteiger partial charge on any atom is 0.306 e. The summed E-state index contributed by atoms with van der Waals surface area (Å²) in [6, 6.07) is 0. The summed E-state index contributed by atoms with van der Waals surface area (Å²) in [4.78, 5) is 38.2. The van der Waals surface area contributed by atoms with Crippen LogP contribution >= 0.6 is 0 Å². The second-order valence-corrected chi connectivity index (χ2v) is 23.1. The highest BCUT2D eigenvalue weighted by Gasteiger charge is 2.19. The molecule has 0 N–H and O–H groups in total. The summed E-state index contributed by atoms with van der Waals surface area (Å²) < 4.78 is 16.9. The van der Waals surface area contributed by atoms with Gasteiger partial charge in [0.15, 0.2) is 6.10 Å². The molecule has 0 spiro atoms. The minimum Gasteiger partial charge on any atom is -0.462 e. The van der Waals surface area contributed by atoms with E-state index in [2.05, 4.69) is 118 Å². The molecular weight excluding hydrogens is 997 g/mol. The van der Waals surface area contributed by atoms with Gasteiger partial charge in [-0.1, -0.05) is 317 Å². The van der Waals surface area contributed by atoms with E-state index in [1.807, 2.05) is 0 Å². The van der Waals surface area contributed by atoms with E-state index in [4.69, 9.17) is 14.2 Å². The van der Waals surface area contributed by atoms with Crippen molar-refractivity contribution in [2.24, 2.45) is 0 Å². The molecule has 0 amide bonds. The Morgan fingerprint density at radius 1 is 0.259 bits per heavy atom. The standard InChI is InChI=1S/C75H130O6/c1-4-7-10-13-16-18-20-22-24-26-28-30-32-33-34-35-36-37-38-39-40-41-43-44-46-48-50-52-54-56-59-62-65-68-74(77)80-71-72(70-79-73(76)67-64-61-58-15-12-9-6-3)81-75(78)69-66-63-60-57-55-53-51-49-47-45-42-31-29-27-25-23-21-19-17-14-11-8-5-2/h7,10,16,18,21-24,27-30,33-34,42,45,72H,4-6,8-9,11-15,17,19-20,25-26,31-32,35-41,43-44,46-71H2,1-3H3/b10-7-,18-16-,23-21-,24-22-,29-27-,30-28-,34-33-,45-42-. The zero-order chi connectivity index (χ0) is 58.5. The fraction of sp³-hybridized carbons (Fsp3) is 0.747. The zero-order valence-electron chi connectivity index (χ0n) is 53.5. The molecule has 0 aliphatic heterocycles. The number of ether oxygens (including phenoxy) is 3. The third-order valence-electron chi connectivity index (χ3n) is 15.1. The van der Waals surface area contributed by atoms with Crippen molar-refractivity contribution in [2.75, 3.05) is 13.2 Å². The van der Waals surface area contributed by atoms with Gasteiger partial charge >= 0.3 is 17.9 Å². The van der Waals surface area contributed by atoms with Gasteiger partial charge in [0.2, 0.25) is 0 Å². The second-order valence-electron chi connectivity index (χ2n) is 23.1. The lowest BCUT2D eigenvalue weighted by molar-refractivity contribution is -0.167. The SMILES string of the molecule is CC/C=C\C/C=C\C/C=C\C/C=C\C/C=C\CCCCCCCCCCCCCCCCCCCC(=O)OCC(COC(=O)CCCCCCCCC)OC(=O)CCCCCCCCCC/C=C\C/C=C\C/C=C\CCCCCCC. The van der Waals surface area contributed by atoms with Gasteiger partial charge in [-0.2, -0.15) is 0 Å². The van der Waals surface area contributed by atoms with Gasteiger partial charge in [0.1, 0.15) is 13.2 Å². The van der Waals surface area contributed by atoms with Crippen molar-refractivity contribution in [2.45, 2.75) is 348 Å². The Labute approximate surface area is 502 Å². The summed E-state index contributed by atoms with van der Waals surface area (Å²) in [6.07, 6.45) is 93.2. The second kappa shape index (κ2) is 68.8. The summed E-state index contributed by atoms with van der Waals surface area (Å²) in [6.45, 7) is 6.50. The van der Waals surface area contributed by atoms with Gasteiger partial charge in [0.25, 0.3) is 0 Å². The van der Waals surface area contributed by atoms with Gasteiger partial charge in [0, 0.05) is 19.3 Å². The largest absolute Gasteiger partial charge is 0.462 e. The molecule has 6 heteroatoms. The number of hydrogen-bond acceptors (Lipinski definition) is 6. The topological polar surface area (TPSA) is 78.9 Å². The summed E-state index contributed by atoms with van der Waals surface area (Å²) >= 11 is 0. The molecule has 0 radical (unpaired) electrons. The molecule has 81 heavy (non-hydrogen) atoms. The first-order valence-electron chi connectivity index (χ1n) is 34.7. The van der Waals surface area contributed by atoms with Crippen LogP contribution in [0.15, 0.2) is 97.2 Å². The van der Waals surface area contributed by atoms with E-state index in [1.165, 1.54) is 193 Å². The number of carbonyl (C=O) groups excluding carboxylic acids is 3. The summed E-state index contributed by atoms with van der Waals surface area (Å²) in [5, 5.41) is 0. The average Bonchev–Trinajstić information content (AvgIpc) is 3.47. The van der Waals surface area contributed by atoms with Crippen LogP contribution in [0, 0.1) is 0 Å². The van der Waals surface area contributed by atoms with Gasteiger partial charge in [-0.3, -0.25) is 14.4 Å². The number of hydrogen-bond donors (Lipinski definition) is 0. The summed E-state index contributed by atoms with van der Waals surface area (Å²) in [5.41, 5.74) is 0.